The standard InChI is InChI=1S/C19H34N2S/c1-10-17(8)18-12-11-13-20-19(18)21(9)22(14(2)3,15(4)5)16(6)7/h10-17H,1H2,2-9H3. The number of aromatic nitrogens is 1. The Bertz CT molecular complexity index is 472. The molecule has 0 aromatic carbocycles. The van der Waals surface area contributed by atoms with E-state index < -0.39 is 10.2 Å². The Morgan fingerprint density at radius 3 is 1.95 bits per heavy atom. The molecular formula is C19H34N2S. The predicted octanol–water partition coefficient (Wildman–Crippen LogP) is 5.75. The molecule has 0 aliphatic rings. The van der Waals surface area contributed by atoms with Crippen molar-refractivity contribution in [2.24, 2.45) is 0 Å². The quantitative estimate of drug-likeness (QED) is 0.594. The summed E-state index contributed by atoms with van der Waals surface area (Å²) in [6.45, 7) is 20.4. The average Bonchev–Trinajstić information content (AvgIpc) is 2.45. The van der Waals surface area contributed by atoms with Gasteiger partial charge in [-0.1, -0.05) is 60.6 Å². The Kier molecular flexibility index (Phi) is 6.54. The highest BCUT2D eigenvalue weighted by Crippen LogP contribution is 2.63. The zero-order chi connectivity index (χ0) is 17.1. The summed E-state index contributed by atoms with van der Waals surface area (Å²) in [6, 6.07) is 4.22. The van der Waals surface area contributed by atoms with Crippen molar-refractivity contribution in [3.8, 4) is 0 Å². The molecule has 0 N–H and O–H groups in total. The van der Waals surface area contributed by atoms with Crippen molar-refractivity contribution in [1.82, 2.24) is 4.98 Å². The van der Waals surface area contributed by atoms with Gasteiger partial charge in [-0.3, -0.25) is 0 Å². The minimum Gasteiger partial charge on any atom is -0.321 e. The van der Waals surface area contributed by atoms with Gasteiger partial charge in [0, 0.05) is 24.7 Å². The van der Waals surface area contributed by atoms with Gasteiger partial charge in [0.2, 0.25) is 0 Å². The van der Waals surface area contributed by atoms with E-state index in [9.17, 15) is 0 Å². The van der Waals surface area contributed by atoms with E-state index in [0.717, 1.165) is 5.82 Å². The lowest BCUT2D eigenvalue weighted by atomic mass is 10.0. The predicted molar refractivity (Wildman–Crippen MR) is 104 cm³/mol. The Morgan fingerprint density at radius 1 is 1.05 bits per heavy atom. The first kappa shape index (κ1) is 19.1. The third-order valence-electron chi connectivity index (χ3n) is 4.70. The average molecular weight is 323 g/mol. The molecule has 22 heavy (non-hydrogen) atoms. The van der Waals surface area contributed by atoms with Crippen LogP contribution in [0.4, 0.5) is 5.82 Å². The van der Waals surface area contributed by atoms with E-state index in [-0.39, 0.29) is 0 Å². The summed E-state index contributed by atoms with van der Waals surface area (Å²) in [4.78, 5) is 4.76. The van der Waals surface area contributed by atoms with Crippen LogP contribution in [0.15, 0.2) is 31.0 Å². The zero-order valence-corrected chi connectivity index (χ0v) is 16.4. The van der Waals surface area contributed by atoms with Crippen LogP contribution in [-0.4, -0.2) is 27.8 Å². The molecule has 126 valence electrons. The van der Waals surface area contributed by atoms with Gasteiger partial charge < -0.3 is 4.31 Å². The van der Waals surface area contributed by atoms with Gasteiger partial charge in [0.15, 0.2) is 0 Å². The van der Waals surface area contributed by atoms with Crippen molar-refractivity contribution in [2.45, 2.75) is 70.1 Å². The fraction of sp³-hybridized carbons (Fsp3) is 0.632. The summed E-state index contributed by atoms with van der Waals surface area (Å²) in [5.41, 5.74) is 1.28. The van der Waals surface area contributed by atoms with Gasteiger partial charge in [-0.05, 0) is 21.8 Å². The largest absolute Gasteiger partial charge is 0.321 e. The van der Waals surface area contributed by atoms with Gasteiger partial charge in [0.05, 0.1) is 0 Å². The molecule has 1 aromatic heterocycles. The number of pyridine rings is 1. The van der Waals surface area contributed by atoms with Gasteiger partial charge in [0.1, 0.15) is 5.82 Å². The van der Waals surface area contributed by atoms with Crippen LogP contribution in [0.1, 0.15) is 59.9 Å². The fourth-order valence-electron chi connectivity index (χ4n) is 3.89. The Hall–Kier alpha value is -0.960. The van der Waals surface area contributed by atoms with Crippen molar-refractivity contribution in [2.75, 3.05) is 11.4 Å². The van der Waals surface area contributed by atoms with Crippen LogP contribution in [0.5, 0.6) is 0 Å². The van der Waals surface area contributed by atoms with Crippen molar-refractivity contribution < 1.29 is 0 Å². The molecule has 2 nitrogen and oxygen atoms in total. The van der Waals surface area contributed by atoms with Crippen molar-refractivity contribution in [3.05, 3.63) is 36.5 Å². The van der Waals surface area contributed by atoms with Crippen LogP contribution < -0.4 is 4.31 Å². The van der Waals surface area contributed by atoms with E-state index in [1.165, 1.54) is 5.56 Å². The highest BCUT2D eigenvalue weighted by molar-refractivity contribution is 8.36. The SMILES string of the molecule is C=CC(C)c1cccnc1N(C)S(C(C)C)(C(C)C)C(C)C. The third-order valence-corrected chi connectivity index (χ3v) is 10.4. The summed E-state index contributed by atoms with van der Waals surface area (Å²) in [7, 11) is 1.24. The second-order valence-electron chi connectivity index (χ2n) is 6.81. The topological polar surface area (TPSA) is 16.1 Å². The fourth-order valence-corrected chi connectivity index (χ4v) is 9.50. The van der Waals surface area contributed by atoms with Gasteiger partial charge in [0.25, 0.3) is 0 Å². The first-order chi connectivity index (χ1) is 10.2. The van der Waals surface area contributed by atoms with Crippen molar-refractivity contribution in [3.63, 3.8) is 0 Å². The summed E-state index contributed by atoms with van der Waals surface area (Å²) < 4.78 is 2.52. The molecule has 0 fully saturated rings. The number of allylic oxidation sites excluding steroid dienone is 1. The van der Waals surface area contributed by atoms with E-state index in [1.54, 1.807) is 0 Å². The first-order valence-corrected chi connectivity index (χ1v) is 10.1. The molecule has 1 heterocycles. The van der Waals surface area contributed by atoms with Crippen LogP contribution >= 0.6 is 10.2 Å². The van der Waals surface area contributed by atoms with Gasteiger partial charge >= 0.3 is 0 Å². The Balaban J connectivity index is 3.50. The summed E-state index contributed by atoms with van der Waals surface area (Å²) >= 11 is 0. The molecule has 0 spiro atoms. The van der Waals surface area contributed by atoms with Gasteiger partial charge in [-0.15, -0.1) is 6.58 Å². The Morgan fingerprint density at radius 2 is 1.55 bits per heavy atom. The molecule has 3 heteroatoms. The normalized spacial score (nSPS) is 14.5. The van der Waals surface area contributed by atoms with Crippen molar-refractivity contribution in [1.29, 1.82) is 0 Å². The Labute approximate surface area is 139 Å². The van der Waals surface area contributed by atoms with Crippen LogP contribution in [-0.2, 0) is 0 Å². The van der Waals surface area contributed by atoms with Crippen LogP contribution in [0.3, 0.4) is 0 Å². The maximum atomic E-state index is 4.76. The summed E-state index contributed by atoms with van der Waals surface area (Å²) in [5.74, 6) is 1.44. The van der Waals surface area contributed by atoms with Crippen LogP contribution in [0, 0.1) is 0 Å². The lowest BCUT2D eigenvalue weighted by Crippen LogP contribution is -2.41. The molecule has 0 saturated heterocycles. The molecule has 0 saturated carbocycles. The van der Waals surface area contributed by atoms with Crippen molar-refractivity contribution >= 4 is 16.0 Å². The molecule has 0 amide bonds. The second-order valence-corrected chi connectivity index (χ2v) is 11.6. The second kappa shape index (κ2) is 7.54. The monoisotopic (exact) mass is 322 g/mol. The zero-order valence-electron chi connectivity index (χ0n) is 15.6. The summed E-state index contributed by atoms with van der Waals surface area (Å²) in [6.07, 6.45) is 3.92. The van der Waals surface area contributed by atoms with E-state index in [2.05, 4.69) is 72.5 Å². The molecule has 1 atom stereocenters. The van der Waals surface area contributed by atoms with E-state index in [4.69, 9.17) is 4.98 Å². The van der Waals surface area contributed by atoms with Crippen LogP contribution in [0.2, 0.25) is 0 Å². The molecule has 0 aliphatic heterocycles. The van der Waals surface area contributed by atoms with Gasteiger partial charge in [-0.2, -0.15) is 10.2 Å². The maximum Gasteiger partial charge on any atom is 0.140 e. The lowest BCUT2D eigenvalue weighted by molar-refractivity contribution is 0.907. The number of anilines is 1. The molecular weight excluding hydrogens is 288 g/mol. The minimum atomic E-state index is -1.01. The third kappa shape index (κ3) is 3.19. The highest BCUT2D eigenvalue weighted by atomic mass is 32.3. The molecule has 1 aromatic rings. The minimum absolute atomic E-state index is 0.315. The van der Waals surface area contributed by atoms with E-state index >= 15 is 0 Å². The van der Waals surface area contributed by atoms with E-state index in [1.807, 2.05) is 18.3 Å². The molecule has 0 bridgehead atoms. The number of rotatable bonds is 7. The number of nitrogens with zero attached hydrogens (tertiary/aromatic N) is 2. The highest BCUT2D eigenvalue weighted by Gasteiger charge is 2.39. The maximum absolute atomic E-state index is 4.76. The molecule has 1 rings (SSSR count). The lowest BCUT2D eigenvalue weighted by Gasteiger charge is -2.57. The van der Waals surface area contributed by atoms with Crippen LogP contribution in [0.25, 0.3) is 0 Å². The molecule has 1 unspecified atom stereocenters. The van der Waals surface area contributed by atoms with Gasteiger partial charge in [-0.25, -0.2) is 4.98 Å². The van der Waals surface area contributed by atoms with E-state index in [0.29, 0.717) is 21.7 Å². The molecule has 0 aliphatic carbocycles. The number of hydrogen-bond acceptors (Lipinski definition) is 2. The number of hydrogen-bond donors (Lipinski definition) is 0. The first-order valence-electron chi connectivity index (χ1n) is 8.32. The smallest absolute Gasteiger partial charge is 0.140 e. The summed E-state index contributed by atoms with van der Waals surface area (Å²) in [5, 5.41) is 1.85. The molecule has 0 radical (unpaired) electrons.